The van der Waals surface area contributed by atoms with Gasteiger partial charge in [0.25, 0.3) is 0 Å². The Kier molecular flexibility index (Phi) is 14.8. The summed E-state index contributed by atoms with van der Waals surface area (Å²) in [5.41, 5.74) is 0.463. The number of hydrogen-bond acceptors (Lipinski definition) is 7. The van der Waals surface area contributed by atoms with Crippen LogP contribution in [-0.4, -0.2) is 94.9 Å². The second kappa shape index (κ2) is 19.0. The first-order chi connectivity index (χ1) is 25.5. The van der Waals surface area contributed by atoms with E-state index in [-0.39, 0.29) is 44.1 Å². The predicted molar refractivity (Wildman–Crippen MR) is 211 cm³/mol. The number of amides is 4. The van der Waals surface area contributed by atoms with Crippen LogP contribution in [0.15, 0.2) is 72.8 Å². The van der Waals surface area contributed by atoms with Crippen molar-refractivity contribution in [2.45, 2.75) is 111 Å². The van der Waals surface area contributed by atoms with Crippen molar-refractivity contribution in [3.8, 4) is 0 Å². The maximum absolute atomic E-state index is 14.2. The summed E-state index contributed by atoms with van der Waals surface area (Å²) >= 11 is 0. The van der Waals surface area contributed by atoms with Crippen molar-refractivity contribution in [2.75, 3.05) is 32.7 Å². The van der Waals surface area contributed by atoms with Crippen molar-refractivity contribution < 1.29 is 33.4 Å². The van der Waals surface area contributed by atoms with Crippen LogP contribution in [0.3, 0.4) is 0 Å². The lowest BCUT2D eigenvalue weighted by molar-refractivity contribution is -0.137. The van der Waals surface area contributed by atoms with E-state index in [1.807, 2.05) is 59.5 Å². The minimum atomic E-state index is -0.714. The van der Waals surface area contributed by atoms with Gasteiger partial charge in [0.05, 0.1) is 12.5 Å². The lowest BCUT2D eigenvalue weighted by atomic mass is 9.95. The van der Waals surface area contributed by atoms with E-state index in [4.69, 9.17) is 14.2 Å². The molecular weight excluding hydrogens is 684 g/mol. The Balaban J connectivity index is 1.52. The highest BCUT2D eigenvalue weighted by Crippen LogP contribution is 2.26. The summed E-state index contributed by atoms with van der Waals surface area (Å²) in [7, 11) is 0. The van der Waals surface area contributed by atoms with Crippen molar-refractivity contribution in [2.24, 2.45) is 5.92 Å². The Labute approximate surface area is 321 Å². The third-order valence-electron chi connectivity index (χ3n) is 9.04. The maximum Gasteiger partial charge on any atom is 0.410 e. The van der Waals surface area contributed by atoms with Crippen LogP contribution < -0.4 is 5.32 Å². The van der Waals surface area contributed by atoms with Gasteiger partial charge in [-0.1, -0.05) is 86.6 Å². The zero-order valence-electron chi connectivity index (χ0n) is 33.4. The molecule has 1 N–H and O–H groups in total. The van der Waals surface area contributed by atoms with E-state index >= 15 is 0 Å². The summed E-state index contributed by atoms with van der Waals surface area (Å²) in [6.45, 7) is 16.5. The molecular formula is C43H60N4O7. The minimum absolute atomic E-state index is 0.0156. The quantitative estimate of drug-likeness (QED) is 0.176. The molecule has 11 heteroatoms. The van der Waals surface area contributed by atoms with E-state index < -0.39 is 29.5 Å². The molecule has 1 heterocycles. The van der Waals surface area contributed by atoms with E-state index in [9.17, 15) is 19.2 Å². The Morgan fingerprint density at radius 1 is 0.778 bits per heavy atom. The molecule has 3 aromatic carbocycles. The van der Waals surface area contributed by atoms with Crippen LogP contribution in [0.1, 0.15) is 85.8 Å². The van der Waals surface area contributed by atoms with E-state index in [1.54, 1.807) is 51.3 Å². The minimum Gasteiger partial charge on any atom is -0.445 e. The number of alkyl carbamates (subject to hydrolysis) is 1. The fourth-order valence-corrected chi connectivity index (χ4v) is 6.64. The number of rotatable bonds is 13. The second-order valence-corrected chi connectivity index (χ2v) is 16.6. The predicted octanol–water partition coefficient (Wildman–Crippen LogP) is 8.19. The second-order valence-electron chi connectivity index (χ2n) is 16.6. The van der Waals surface area contributed by atoms with E-state index in [0.717, 1.165) is 28.3 Å². The molecule has 0 radical (unpaired) electrons. The molecule has 0 aromatic heterocycles. The molecule has 54 heavy (non-hydrogen) atoms. The molecule has 3 aromatic rings. The molecule has 4 amide bonds. The summed E-state index contributed by atoms with van der Waals surface area (Å²) in [6.07, 6.45) is 0.513. The van der Waals surface area contributed by atoms with Gasteiger partial charge in [0, 0.05) is 38.8 Å². The number of ether oxygens (including phenoxy) is 3. The van der Waals surface area contributed by atoms with Crippen LogP contribution >= 0.6 is 0 Å². The van der Waals surface area contributed by atoms with Crippen LogP contribution in [0, 0.1) is 5.92 Å². The van der Waals surface area contributed by atoms with Gasteiger partial charge in [0.1, 0.15) is 17.8 Å². The van der Waals surface area contributed by atoms with E-state index in [0.29, 0.717) is 38.4 Å². The molecule has 0 aliphatic carbocycles. The maximum atomic E-state index is 14.2. The SMILES string of the molecule is CC(C)C[C@@H]1CN(C(=O)OCc2ccccc2)[C@@H](CCCN(CCNC(=O)OC(C)(C)C)C(=O)OC(C)(C)C)CN1C(=O)Cc1ccc2ccccc2c1. The van der Waals surface area contributed by atoms with Gasteiger partial charge in [-0.05, 0) is 88.6 Å². The summed E-state index contributed by atoms with van der Waals surface area (Å²) in [6, 6.07) is 23.3. The number of carbonyl (C=O) groups is 4. The van der Waals surface area contributed by atoms with Gasteiger partial charge in [0.2, 0.25) is 5.91 Å². The average Bonchev–Trinajstić information content (AvgIpc) is 3.08. The molecule has 11 nitrogen and oxygen atoms in total. The largest absolute Gasteiger partial charge is 0.445 e. The van der Waals surface area contributed by atoms with E-state index in [1.165, 1.54) is 0 Å². The third-order valence-corrected chi connectivity index (χ3v) is 9.04. The van der Waals surface area contributed by atoms with Crippen molar-refractivity contribution in [1.82, 2.24) is 20.0 Å². The lowest BCUT2D eigenvalue weighted by Crippen LogP contribution is -2.62. The van der Waals surface area contributed by atoms with Crippen molar-refractivity contribution in [1.29, 1.82) is 0 Å². The number of benzene rings is 3. The third kappa shape index (κ3) is 13.6. The summed E-state index contributed by atoms with van der Waals surface area (Å²) in [5, 5.41) is 4.93. The molecule has 294 valence electrons. The molecule has 1 aliphatic rings. The number of nitrogens with zero attached hydrogens (tertiary/aromatic N) is 3. The summed E-state index contributed by atoms with van der Waals surface area (Å²) in [5.74, 6) is 0.309. The molecule has 0 spiro atoms. The smallest absolute Gasteiger partial charge is 0.410 e. The van der Waals surface area contributed by atoms with Crippen LogP contribution in [0.2, 0.25) is 0 Å². The zero-order chi connectivity index (χ0) is 39.5. The number of fused-ring (bicyclic) bond motifs is 1. The first kappa shape index (κ1) is 41.9. The van der Waals surface area contributed by atoms with Gasteiger partial charge in [-0.2, -0.15) is 0 Å². The van der Waals surface area contributed by atoms with Crippen molar-refractivity contribution in [3.05, 3.63) is 83.9 Å². The van der Waals surface area contributed by atoms with E-state index in [2.05, 4.69) is 37.4 Å². The Morgan fingerprint density at radius 2 is 1.43 bits per heavy atom. The lowest BCUT2D eigenvalue weighted by Gasteiger charge is -2.46. The number of nitrogens with one attached hydrogen (secondary N) is 1. The van der Waals surface area contributed by atoms with Crippen LogP contribution in [0.4, 0.5) is 14.4 Å². The van der Waals surface area contributed by atoms with Crippen LogP contribution in [0.5, 0.6) is 0 Å². The standard InChI is InChI=1S/C43H60N4O7/c1-31(2)25-37-29-47(41(51)52-30-32-15-10-9-11-16-32)36(28-46(37)38(48)27-33-20-21-34-17-12-13-18-35(34)26-33)19-14-23-45(40(50)54-43(6,7)8)24-22-44-39(49)53-42(3,4)5/h9-13,15-18,20-21,26,31,36-37H,14,19,22-25,27-30H2,1-8H3,(H,44,49)/t36-,37+/m0/s1. The molecule has 1 aliphatic heterocycles. The van der Waals surface area contributed by atoms with Gasteiger partial charge in [-0.3, -0.25) is 4.79 Å². The molecule has 0 saturated carbocycles. The van der Waals surface area contributed by atoms with Gasteiger partial charge >= 0.3 is 18.3 Å². The molecule has 1 fully saturated rings. The highest BCUT2D eigenvalue weighted by molar-refractivity contribution is 5.85. The number of piperazine rings is 1. The Hall–Kier alpha value is -4.80. The zero-order valence-corrected chi connectivity index (χ0v) is 33.4. The van der Waals surface area contributed by atoms with Gasteiger partial charge in [-0.15, -0.1) is 0 Å². The normalized spacial score (nSPS) is 16.2. The Morgan fingerprint density at radius 3 is 2.09 bits per heavy atom. The first-order valence-corrected chi connectivity index (χ1v) is 19.2. The van der Waals surface area contributed by atoms with Crippen LogP contribution in [0.25, 0.3) is 10.8 Å². The number of carbonyl (C=O) groups excluding carboxylic acids is 4. The summed E-state index contributed by atoms with van der Waals surface area (Å²) < 4.78 is 16.9. The van der Waals surface area contributed by atoms with Crippen molar-refractivity contribution >= 4 is 35.0 Å². The molecule has 2 atom stereocenters. The fourth-order valence-electron chi connectivity index (χ4n) is 6.64. The first-order valence-electron chi connectivity index (χ1n) is 19.2. The molecule has 0 unspecified atom stereocenters. The molecule has 1 saturated heterocycles. The average molecular weight is 745 g/mol. The topological polar surface area (TPSA) is 118 Å². The number of hydrogen-bond donors (Lipinski definition) is 1. The highest BCUT2D eigenvalue weighted by atomic mass is 16.6. The van der Waals surface area contributed by atoms with Gasteiger partial charge in [0.15, 0.2) is 0 Å². The highest BCUT2D eigenvalue weighted by Gasteiger charge is 2.39. The molecule has 4 rings (SSSR count). The monoisotopic (exact) mass is 744 g/mol. The summed E-state index contributed by atoms with van der Waals surface area (Å²) in [4.78, 5) is 58.9. The molecule has 0 bridgehead atoms. The Bertz CT molecular complexity index is 1700. The van der Waals surface area contributed by atoms with Gasteiger partial charge < -0.3 is 34.2 Å². The van der Waals surface area contributed by atoms with Crippen LogP contribution in [-0.2, 0) is 32.0 Å². The van der Waals surface area contributed by atoms with Crippen molar-refractivity contribution in [3.63, 3.8) is 0 Å². The fraction of sp³-hybridized carbons (Fsp3) is 0.535. The van der Waals surface area contributed by atoms with Gasteiger partial charge in [-0.25, -0.2) is 14.4 Å².